The summed E-state index contributed by atoms with van der Waals surface area (Å²) in [6, 6.07) is 7.11. The Morgan fingerprint density at radius 3 is 2.56 bits per heavy atom. The molecule has 0 saturated carbocycles. The maximum absolute atomic E-state index is 12.4. The zero-order valence-corrected chi connectivity index (χ0v) is 15.9. The quantitative estimate of drug-likeness (QED) is 0.781. The molecule has 3 heterocycles. The third kappa shape index (κ3) is 4.48. The molecule has 2 aromatic heterocycles. The van der Waals surface area contributed by atoms with Crippen LogP contribution in [0.5, 0.6) is 0 Å². The highest BCUT2D eigenvalue weighted by atomic mass is 16.3. The fraction of sp³-hybridized carbons (Fsp3) is 0.450. The van der Waals surface area contributed by atoms with Gasteiger partial charge in [0.15, 0.2) is 5.76 Å². The maximum Gasteiger partial charge on any atom is 0.289 e. The van der Waals surface area contributed by atoms with Crippen LogP contribution in [0.3, 0.4) is 0 Å². The topological polar surface area (TPSA) is 69.9 Å². The average molecular weight is 370 g/mol. The monoisotopic (exact) mass is 370 g/mol. The van der Waals surface area contributed by atoms with E-state index >= 15 is 0 Å². The molecule has 144 valence electrons. The Morgan fingerprint density at radius 1 is 1.19 bits per heavy atom. The van der Waals surface area contributed by atoms with Crippen LogP contribution in [0.1, 0.15) is 40.7 Å². The molecule has 0 radical (unpaired) electrons. The van der Waals surface area contributed by atoms with E-state index in [0.29, 0.717) is 37.5 Å². The van der Waals surface area contributed by atoms with Crippen LogP contribution in [0, 0.1) is 0 Å². The van der Waals surface area contributed by atoms with Gasteiger partial charge in [-0.05, 0) is 30.7 Å². The number of furan rings is 1. The number of amides is 2. The Morgan fingerprint density at radius 2 is 1.96 bits per heavy atom. The molecule has 0 atom stereocenters. The van der Waals surface area contributed by atoms with Crippen molar-refractivity contribution >= 4 is 17.6 Å². The molecule has 1 aliphatic rings. The summed E-state index contributed by atoms with van der Waals surface area (Å²) in [5, 5.41) is 0. The standard InChI is InChI=1S/C20H26N4O3/c1-3-4-9-22(2)19(25)16-7-8-18(21-15-16)23-10-12-24(13-11-23)20(26)17-6-5-14-27-17/h5-8,14-15H,3-4,9-13H2,1-2H3. The lowest BCUT2D eigenvalue weighted by Gasteiger charge is -2.35. The number of piperazine rings is 1. The molecule has 0 unspecified atom stereocenters. The van der Waals surface area contributed by atoms with Crippen molar-refractivity contribution in [1.82, 2.24) is 14.8 Å². The van der Waals surface area contributed by atoms with E-state index in [0.717, 1.165) is 25.2 Å². The van der Waals surface area contributed by atoms with E-state index in [1.807, 2.05) is 19.2 Å². The molecule has 0 spiro atoms. The summed E-state index contributed by atoms with van der Waals surface area (Å²) in [6.07, 6.45) is 5.20. The minimum Gasteiger partial charge on any atom is -0.459 e. The van der Waals surface area contributed by atoms with Crippen molar-refractivity contribution in [2.75, 3.05) is 44.7 Å². The first-order chi connectivity index (χ1) is 13.1. The molecular formula is C20H26N4O3. The van der Waals surface area contributed by atoms with Gasteiger partial charge < -0.3 is 19.1 Å². The fourth-order valence-corrected chi connectivity index (χ4v) is 3.11. The van der Waals surface area contributed by atoms with Crippen molar-refractivity contribution in [3.8, 4) is 0 Å². The van der Waals surface area contributed by atoms with Crippen LogP contribution in [0.4, 0.5) is 5.82 Å². The molecule has 27 heavy (non-hydrogen) atoms. The van der Waals surface area contributed by atoms with Crippen molar-refractivity contribution < 1.29 is 14.0 Å². The van der Waals surface area contributed by atoms with Crippen molar-refractivity contribution in [2.24, 2.45) is 0 Å². The van der Waals surface area contributed by atoms with Crippen molar-refractivity contribution in [1.29, 1.82) is 0 Å². The van der Waals surface area contributed by atoms with Gasteiger partial charge in [0, 0.05) is 46.0 Å². The summed E-state index contributed by atoms with van der Waals surface area (Å²) in [7, 11) is 1.82. The van der Waals surface area contributed by atoms with Gasteiger partial charge >= 0.3 is 0 Å². The average Bonchev–Trinajstić information content (AvgIpc) is 3.26. The Bertz CT molecular complexity index is 750. The summed E-state index contributed by atoms with van der Waals surface area (Å²) in [5.41, 5.74) is 0.601. The first-order valence-corrected chi connectivity index (χ1v) is 9.39. The molecule has 1 aliphatic heterocycles. The number of anilines is 1. The molecule has 2 aromatic rings. The number of carbonyl (C=O) groups is 2. The lowest BCUT2D eigenvalue weighted by molar-refractivity contribution is 0.0713. The van der Waals surface area contributed by atoms with Crippen LogP contribution in [-0.2, 0) is 0 Å². The van der Waals surface area contributed by atoms with Gasteiger partial charge in [-0.2, -0.15) is 0 Å². The van der Waals surface area contributed by atoms with Crippen molar-refractivity contribution in [2.45, 2.75) is 19.8 Å². The molecule has 0 aromatic carbocycles. The SMILES string of the molecule is CCCCN(C)C(=O)c1ccc(N2CCN(C(=O)c3ccco3)CC2)nc1. The second-order valence-corrected chi connectivity index (χ2v) is 6.74. The van der Waals surface area contributed by atoms with Crippen LogP contribution >= 0.6 is 0 Å². The van der Waals surface area contributed by atoms with Crippen LogP contribution in [0.25, 0.3) is 0 Å². The summed E-state index contributed by atoms with van der Waals surface area (Å²) < 4.78 is 5.19. The van der Waals surface area contributed by atoms with E-state index in [1.165, 1.54) is 6.26 Å². The zero-order valence-electron chi connectivity index (χ0n) is 15.9. The van der Waals surface area contributed by atoms with Gasteiger partial charge in [-0.1, -0.05) is 13.3 Å². The minimum atomic E-state index is -0.0799. The molecule has 0 bridgehead atoms. The number of rotatable bonds is 6. The molecule has 7 nitrogen and oxygen atoms in total. The van der Waals surface area contributed by atoms with Gasteiger partial charge in [0.2, 0.25) is 0 Å². The van der Waals surface area contributed by atoms with Crippen LogP contribution < -0.4 is 4.90 Å². The molecule has 0 N–H and O–H groups in total. The molecule has 0 aliphatic carbocycles. The fourth-order valence-electron chi connectivity index (χ4n) is 3.11. The third-order valence-corrected chi connectivity index (χ3v) is 4.81. The van der Waals surface area contributed by atoms with E-state index in [9.17, 15) is 9.59 Å². The summed E-state index contributed by atoms with van der Waals surface area (Å²) in [6.45, 7) is 5.48. The second-order valence-electron chi connectivity index (χ2n) is 6.74. The van der Waals surface area contributed by atoms with E-state index in [4.69, 9.17) is 4.42 Å². The first kappa shape index (κ1) is 18.9. The van der Waals surface area contributed by atoms with E-state index < -0.39 is 0 Å². The zero-order chi connectivity index (χ0) is 19.2. The Kier molecular flexibility index (Phi) is 6.11. The van der Waals surface area contributed by atoms with Gasteiger partial charge in [-0.3, -0.25) is 9.59 Å². The maximum atomic E-state index is 12.4. The smallest absolute Gasteiger partial charge is 0.289 e. The summed E-state index contributed by atoms with van der Waals surface area (Å²) >= 11 is 0. The summed E-state index contributed by atoms with van der Waals surface area (Å²) in [4.78, 5) is 34.8. The normalized spacial score (nSPS) is 14.3. The molecule has 2 amide bonds. The van der Waals surface area contributed by atoms with Crippen LogP contribution in [0.2, 0.25) is 0 Å². The highest BCUT2D eigenvalue weighted by Gasteiger charge is 2.24. The number of pyridine rings is 1. The molecule has 7 heteroatoms. The summed E-state index contributed by atoms with van der Waals surface area (Å²) in [5.74, 6) is 1.12. The van der Waals surface area contributed by atoms with Crippen LogP contribution in [-0.4, -0.2) is 66.4 Å². The second kappa shape index (κ2) is 8.70. The number of unbranched alkanes of at least 4 members (excludes halogenated alkanes) is 1. The predicted molar refractivity (Wildman–Crippen MR) is 103 cm³/mol. The number of nitrogens with zero attached hydrogens (tertiary/aromatic N) is 4. The molecular weight excluding hydrogens is 344 g/mol. The van der Waals surface area contributed by atoms with Crippen molar-refractivity contribution in [3.63, 3.8) is 0 Å². The first-order valence-electron chi connectivity index (χ1n) is 9.39. The van der Waals surface area contributed by atoms with E-state index in [2.05, 4.69) is 16.8 Å². The van der Waals surface area contributed by atoms with Gasteiger partial charge in [0.25, 0.3) is 11.8 Å². The number of hydrogen-bond acceptors (Lipinski definition) is 5. The van der Waals surface area contributed by atoms with E-state index in [1.54, 1.807) is 28.1 Å². The van der Waals surface area contributed by atoms with Crippen molar-refractivity contribution in [3.05, 3.63) is 48.0 Å². The molecule has 3 rings (SSSR count). The van der Waals surface area contributed by atoms with Gasteiger partial charge in [0.05, 0.1) is 11.8 Å². The molecule has 1 fully saturated rings. The van der Waals surface area contributed by atoms with Crippen LogP contribution in [0.15, 0.2) is 41.1 Å². The number of hydrogen-bond donors (Lipinski definition) is 0. The Labute approximate surface area is 159 Å². The van der Waals surface area contributed by atoms with Gasteiger partial charge in [-0.25, -0.2) is 4.98 Å². The van der Waals surface area contributed by atoms with E-state index in [-0.39, 0.29) is 11.8 Å². The highest BCUT2D eigenvalue weighted by Crippen LogP contribution is 2.16. The minimum absolute atomic E-state index is 0.00337. The van der Waals surface area contributed by atoms with Gasteiger partial charge in [0.1, 0.15) is 5.82 Å². The largest absolute Gasteiger partial charge is 0.459 e. The lowest BCUT2D eigenvalue weighted by Crippen LogP contribution is -2.49. The predicted octanol–water partition coefficient (Wildman–Crippen LogP) is 2.51. The lowest BCUT2D eigenvalue weighted by atomic mass is 10.2. The number of carbonyl (C=O) groups excluding carboxylic acids is 2. The molecule has 1 saturated heterocycles. The highest BCUT2D eigenvalue weighted by molar-refractivity contribution is 5.94. The number of aromatic nitrogens is 1. The third-order valence-electron chi connectivity index (χ3n) is 4.81. The Hall–Kier alpha value is -2.83. The van der Waals surface area contributed by atoms with Gasteiger partial charge in [-0.15, -0.1) is 0 Å². The Balaban J connectivity index is 1.55.